The number of hydrogen-bond acceptors (Lipinski definition) is 6. The number of carboxylic acid groups (broad SMARTS) is 1. The van der Waals surface area contributed by atoms with Gasteiger partial charge in [0, 0.05) is 18.7 Å². The minimum Gasteiger partial charge on any atom is -0.478 e. The number of hydrogen-bond donors (Lipinski definition) is 1. The standard InChI is InChI=1S/C24H26ClN3O5S/c1-5-7-17-10-15(2)22(16(3)11-17)20-13-21(25)27-24(26-20)28(14-33-4)34(31,32)19-9-6-8-18(12-19)23(29)30/h6,8-13H,5,7,14H2,1-4H3,(H,29,30). The number of carbonyl (C=O) groups is 1. The third-order valence-electron chi connectivity index (χ3n) is 5.21. The van der Waals surface area contributed by atoms with Crippen molar-refractivity contribution in [1.29, 1.82) is 0 Å². The highest BCUT2D eigenvalue weighted by Gasteiger charge is 2.29. The van der Waals surface area contributed by atoms with Gasteiger partial charge in [0.1, 0.15) is 11.9 Å². The van der Waals surface area contributed by atoms with Crippen LogP contribution in [0.2, 0.25) is 5.15 Å². The summed E-state index contributed by atoms with van der Waals surface area (Å²) in [4.78, 5) is 19.8. The van der Waals surface area contributed by atoms with Crippen molar-refractivity contribution in [2.45, 2.75) is 38.5 Å². The van der Waals surface area contributed by atoms with Gasteiger partial charge >= 0.3 is 5.97 Å². The van der Waals surface area contributed by atoms with Crippen LogP contribution in [-0.4, -0.2) is 43.3 Å². The number of methoxy groups -OCH3 is 1. The van der Waals surface area contributed by atoms with E-state index in [4.69, 9.17) is 16.3 Å². The molecule has 2 aromatic carbocycles. The van der Waals surface area contributed by atoms with E-state index in [9.17, 15) is 18.3 Å². The van der Waals surface area contributed by atoms with E-state index >= 15 is 0 Å². The molecule has 0 aliphatic carbocycles. The molecule has 1 N–H and O–H groups in total. The van der Waals surface area contributed by atoms with Gasteiger partial charge in [-0.15, -0.1) is 0 Å². The van der Waals surface area contributed by atoms with Gasteiger partial charge in [-0.1, -0.05) is 43.1 Å². The molecule has 3 rings (SSSR count). The van der Waals surface area contributed by atoms with Crippen molar-refractivity contribution in [3.8, 4) is 11.3 Å². The highest BCUT2D eigenvalue weighted by Crippen LogP contribution is 2.31. The number of carboxylic acids is 1. The van der Waals surface area contributed by atoms with Crippen LogP contribution in [0.25, 0.3) is 11.3 Å². The normalized spacial score (nSPS) is 11.4. The minimum absolute atomic E-state index is 0.0621. The zero-order valence-electron chi connectivity index (χ0n) is 19.4. The van der Waals surface area contributed by atoms with Crippen molar-refractivity contribution in [2.75, 3.05) is 18.1 Å². The predicted molar refractivity (Wildman–Crippen MR) is 131 cm³/mol. The molecule has 1 heterocycles. The Labute approximate surface area is 204 Å². The Morgan fingerprint density at radius 3 is 2.38 bits per heavy atom. The Morgan fingerprint density at radius 1 is 1.12 bits per heavy atom. The first-order valence-electron chi connectivity index (χ1n) is 10.6. The molecule has 0 spiro atoms. The number of sulfonamides is 1. The molecular weight excluding hydrogens is 478 g/mol. The number of rotatable bonds is 9. The Morgan fingerprint density at radius 2 is 1.79 bits per heavy atom. The molecule has 34 heavy (non-hydrogen) atoms. The molecule has 1 aromatic heterocycles. The second-order valence-electron chi connectivity index (χ2n) is 7.83. The summed E-state index contributed by atoms with van der Waals surface area (Å²) in [6, 6.07) is 10.8. The van der Waals surface area contributed by atoms with Gasteiger partial charge in [-0.25, -0.2) is 27.5 Å². The summed E-state index contributed by atoms with van der Waals surface area (Å²) >= 11 is 6.30. The summed E-state index contributed by atoms with van der Waals surface area (Å²) in [7, 11) is -2.93. The fourth-order valence-electron chi connectivity index (χ4n) is 3.80. The first-order chi connectivity index (χ1) is 16.1. The van der Waals surface area contributed by atoms with Crippen molar-refractivity contribution in [3.63, 3.8) is 0 Å². The SMILES string of the molecule is CCCc1cc(C)c(-c2cc(Cl)nc(N(COC)S(=O)(=O)c3cccc(C(=O)O)c3)n2)c(C)c1. The van der Waals surface area contributed by atoms with E-state index in [1.54, 1.807) is 6.07 Å². The van der Waals surface area contributed by atoms with Crippen LogP contribution in [0.3, 0.4) is 0 Å². The van der Waals surface area contributed by atoms with Gasteiger partial charge < -0.3 is 9.84 Å². The molecule has 0 atom stereocenters. The van der Waals surface area contributed by atoms with E-state index in [0.717, 1.165) is 39.9 Å². The Balaban J connectivity index is 2.15. The molecule has 0 fully saturated rings. The fraction of sp³-hybridized carbons (Fsp3) is 0.292. The van der Waals surface area contributed by atoms with E-state index in [-0.39, 0.29) is 21.6 Å². The summed E-state index contributed by atoms with van der Waals surface area (Å²) in [5, 5.41) is 9.32. The molecule has 0 amide bonds. The Kier molecular flexibility index (Phi) is 7.91. The molecule has 10 heteroatoms. The largest absolute Gasteiger partial charge is 0.478 e. The lowest BCUT2D eigenvalue weighted by Crippen LogP contribution is -2.34. The van der Waals surface area contributed by atoms with E-state index in [1.165, 1.54) is 30.9 Å². The van der Waals surface area contributed by atoms with Crippen molar-refractivity contribution < 1.29 is 23.1 Å². The van der Waals surface area contributed by atoms with E-state index < -0.39 is 22.7 Å². The number of nitrogens with zero attached hydrogens (tertiary/aromatic N) is 3. The van der Waals surface area contributed by atoms with Crippen LogP contribution < -0.4 is 4.31 Å². The monoisotopic (exact) mass is 503 g/mol. The van der Waals surface area contributed by atoms with E-state index in [0.29, 0.717) is 5.69 Å². The van der Waals surface area contributed by atoms with E-state index in [1.807, 2.05) is 13.8 Å². The van der Waals surface area contributed by atoms with Crippen LogP contribution in [0.5, 0.6) is 0 Å². The number of ether oxygens (including phenoxy) is 1. The van der Waals surface area contributed by atoms with Gasteiger partial charge in [0.25, 0.3) is 10.0 Å². The zero-order valence-corrected chi connectivity index (χ0v) is 20.9. The maximum atomic E-state index is 13.4. The Bertz CT molecular complexity index is 1300. The second kappa shape index (κ2) is 10.5. The number of aryl methyl sites for hydroxylation is 3. The average molecular weight is 504 g/mol. The lowest BCUT2D eigenvalue weighted by atomic mass is 9.95. The number of halogens is 1. The van der Waals surface area contributed by atoms with Crippen LogP contribution in [0.1, 0.15) is 40.4 Å². The van der Waals surface area contributed by atoms with Crippen molar-refractivity contribution in [2.24, 2.45) is 0 Å². The molecule has 3 aromatic rings. The average Bonchev–Trinajstić information content (AvgIpc) is 2.76. The van der Waals surface area contributed by atoms with Gasteiger partial charge in [0.2, 0.25) is 5.95 Å². The van der Waals surface area contributed by atoms with Crippen LogP contribution in [0, 0.1) is 13.8 Å². The van der Waals surface area contributed by atoms with E-state index in [2.05, 4.69) is 29.0 Å². The summed E-state index contributed by atoms with van der Waals surface area (Å²) in [6.07, 6.45) is 1.97. The smallest absolute Gasteiger partial charge is 0.335 e. The molecule has 8 nitrogen and oxygen atoms in total. The van der Waals surface area contributed by atoms with Gasteiger partial charge in [-0.3, -0.25) is 0 Å². The Hall–Kier alpha value is -3.01. The van der Waals surface area contributed by atoms with Crippen molar-refractivity contribution in [3.05, 3.63) is 69.9 Å². The third-order valence-corrected chi connectivity index (χ3v) is 7.10. The topological polar surface area (TPSA) is 110 Å². The van der Waals surface area contributed by atoms with Gasteiger partial charge in [0.05, 0.1) is 16.2 Å². The van der Waals surface area contributed by atoms with Crippen LogP contribution in [0.4, 0.5) is 5.95 Å². The number of aromatic nitrogens is 2. The number of benzene rings is 2. The maximum absolute atomic E-state index is 13.4. The van der Waals surface area contributed by atoms with Crippen LogP contribution in [-0.2, 0) is 21.2 Å². The van der Waals surface area contributed by atoms with Gasteiger partial charge in [-0.2, -0.15) is 0 Å². The molecule has 0 bridgehead atoms. The summed E-state index contributed by atoms with van der Waals surface area (Å²) in [5.74, 6) is -1.42. The highest BCUT2D eigenvalue weighted by molar-refractivity contribution is 7.92. The summed E-state index contributed by atoms with van der Waals surface area (Å²) in [6.45, 7) is 5.66. The first-order valence-corrected chi connectivity index (χ1v) is 12.4. The fourth-order valence-corrected chi connectivity index (χ4v) is 5.30. The molecule has 0 aliphatic rings. The molecular formula is C24H26ClN3O5S. The van der Waals surface area contributed by atoms with Crippen molar-refractivity contribution >= 4 is 33.5 Å². The molecule has 0 saturated carbocycles. The number of aromatic carboxylic acids is 1. The van der Waals surface area contributed by atoms with Crippen molar-refractivity contribution in [1.82, 2.24) is 9.97 Å². The molecule has 0 saturated heterocycles. The maximum Gasteiger partial charge on any atom is 0.335 e. The molecule has 0 aliphatic heterocycles. The quantitative estimate of drug-likeness (QED) is 0.328. The highest BCUT2D eigenvalue weighted by atomic mass is 35.5. The van der Waals surface area contributed by atoms with Crippen LogP contribution in [0.15, 0.2) is 47.4 Å². The lowest BCUT2D eigenvalue weighted by molar-refractivity contribution is 0.0696. The van der Waals surface area contributed by atoms with Gasteiger partial charge in [0.15, 0.2) is 0 Å². The minimum atomic E-state index is -4.26. The molecule has 0 radical (unpaired) electrons. The predicted octanol–water partition coefficient (Wildman–Crippen LogP) is 4.86. The van der Waals surface area contributed by atoms with Gasteiger partial charge in [-0.05, 0) is 55.2 Å². The third kappa shape index (κ3) is 5.38. The zero-order chi connectivity index (χ0) is 25.0. The summed E-state index contributed by atoms with van der Waals surface area (Å²) < 4.78 is 32.9. The second-order valence-corrected chi connectivity index (χ2v) is 10.1. The van der Waals surface area contributed by atoms with Crippen LogP contribution >= 0.6 is 11.6 Å². The molecule has 180 valence electrons. The first kappa shape index (κ1) is 25.6. The lowest BCUT2D eigenvalue weighted by Gasteiger charge is -2.22. The summed E-state index contributed by atoms with van der Waals surface area (Å²) in [5.41, 5.74) is 4.34. The molecule has 0 unspecified atom stereocenters. The number of anilines is 1.